The van der Waals surface area contributed by atoms with Gasteiger partial charge in [0.1, 0.15) is 11.5 Å². The second kappa shape index (κ2) is 10.1. The zero-order valence-corrected chi connectivity index (χ0v) is 19.0. The van der Waals surface area contributed by atoms with E-state index in [1.807, 2.05) is 18.4 Å². The molecule has 31 heavy (non-hydrogen) atoms. The van der Waals surface area contributed by atoms with E-state index in [0.29, 0.717) is 45.3 Å². The summed E-state index contributed by atoms with van der Waals surface area (Å²) in [6.07, 6.45) is 3.59. The van der Waals surface area contributed by atoms with Gasteiger partial charge in [-0.25, -0.2) is 0 Å². The first kappa shape index (κ1) is 22.3. The minimum absolute atomic E-state index is 0.497. The van der Waals surface area contributed by atoms with E-state index < -0.39 is 0 Å². The van der Waals surface area contributed by atoms with Crippen molar-refractivity contribution < 1.29 is 23.7 Å². The van der Waals surface area contributed by atoms with Crippen molar-refractivity contribution in [2.75, 3.05) is 41.8 Å². The predicted molar refractivity (Wildman–Crippen MR) is 119 cm³/mol. The van der Waals surface area contributed by atoms with Crippen LogP contribution in [0, 0.1) is 0 Å². The molecule has 0 atom stereocenters. The van der Waals surface area contributed by atoms with E-state index in [4.69, 9.17) is 23.7 Å². The van der Waals surface area contributed by atoms with E-state index in [1.165, 1.54) is 11.8 Å². The lowest BCUT2D eigenvalue weighted by Crippen LogP contribution is -2.00. The highest BCUT2D eigenvalue weighted by Crippen LogP contribution is 2.41. The third-order valence-corrected chi connectivity index (χ3v) is 5.09. The Hall–Kier alpha value is -3.40. The Labute approximate surface area is 184 Å². The smallest absolute Gasteiger partial charge is 0.212 e. The number of hydrogen-bond donors (Lipinski definition) is 0. The van der Waals surface area contributed by atoms with Crippen LogP contribution in [0.5, 0.6) is 28.7 Å². The molecule has 1 aromatic heterocycles. The molecule has 0 radical (unpaired) electrons. The highest BCUT2D eigenvalue weighted by atomic mass is 32.2. The van der Waals surface area contributed by atoms with Gasteiger partial charge < -0.3 is 23.7 Å². The van der Waals surface area contributed by atoms with E-state index in [-0.39, 0.29) is 0 Å². The Morgan fingerprint density at radius 3 is 2.06 bits per heavy atom. The number of aromatic nitrogens is 3. The summed E-state index contributed by atoms with van der Waals surface area (Å²) in [5, 5.41) is 13.8. The summed E-state index contributed by atoms with van der Waals surface area (Å²) in [5.41, 5.74) is 1.49. The summed E-state index contributed by atoms with van der Waals surface area (Å²) in [4.78, 5) is 0. The molecule has 3 rings (SSSR count). The van der Waals surface area contributed by atoms with Crippen LogP contribution in [0.3, 0.4) is 0 Å². The number of nitrogens with zero attached hydrogens (tertiary/aromatic N) is 4. The van der Waals surface area contributed by atoms with Crippen LogP contribution in [0.2, 0.25) is 0 Å². The number of benzene rings is 2. The molecule has 2 aromatic carbocycles. The molecule has 0 saturated carbocycles. The molecule has 0 aliphatic carbocycles. The second-order valence-corrected chi connectivity index (χ2v) is 6.86. The van der Waals surface area contributed by atoms with Gasteiger partial charge in [0.15, 0.2) is 17.3 Å². The predicted octanol–water partition coefficient (Wildman–Crippen LogP) is 3.59. The maximum absolute atomic E-state index is 5.46. The van der Waals surface area contributed by atoms with Crippen LogP contribution in [0.1, 0.15) is 5.56 Å². The van der Waals surface area contributed by atoms with Crippen LogP contribution in [-0.4, -0.2) is 62.9 Å². The molecule has 0 saturated heterocycles. The van der Waals surface area contributed by atoms with Gasteiger partial charge in [0.2, 0.25) is 10.9 Å². The van der Waals surface area contributed by atoms with E-state index in [0.717, 1.165) is 5.56 Å². The minimum atomic E-state index is 0.497. The Morgan fingerprint density at radius 2 is 1.52 bits per heavy atom. The van der Waals surface area contributed by atoms with Gasteiger partial charge in [0.25, 0.3) is 0 Å². The lowest BCUT2D eigenvalue weighted by molar-refractivity contribution is 0.324. The van der Waals surface area contributed by atoms with Crippen LogP contribution in [-0.2, 0) is 0 Å². The fourth-order valence-corrected chi connectivity index (χ4v) is 3.36. The average Bonchev–Trinajstić information content (AvgIpc) is 3.24. The SMILES string of the molecule is COc1ccc(/C=N/n2c(SC)nnc2-c2cc(OC)c(OC)c(OC)c2)c(OC)c1. The van der Waals surface area contributed by atoms with Gasteiger partial charge in [-0.05, 0) is 30.5 Å². The average molecular weight is 445 g/mol. The van der Waals surface area contributed by atoms with Crippen LogP contribution >= 0.6 is 11.8 Å². The summed E-state index contributed by atoms with van der Waals surface area (Å²) in [6, 6.07) is 9.10. The fraction of sp³-hybridized carbons (Fsp3) is 0.286. The number of ether oxygens (including phenoxy) is 5. The lowest BCUT2D eigenvalue weighted by atomic mass is 10.1. The van der Waals surface area contributed by atoms with Crippen LogP contribution in [0.25, 0.3) is 11.4 Å². The zero-order chi connectivity index (χ0) is 22.4. The highest BCUT2D eigenvalue weighted by molar-refractivity contribution is 7.98. The van der Waals surface area contributed by atoms with Crippen LogP contribution in [0.4, 0.5) is 0 Å². The first-order valence-corrected chi connectivity index (χ1v) is 10.4. The maximum atomic E-state index is 5.46. The molecule has 0 N–H and O–H groups in total. The van der Waals surface area contributed by atoms with Gasteiger partial charge in [0, 0.05) is 17.2 Å². The van der Waals surface area contributed by atoms with Gasteiger partial charge in [0.05, 0.1) is 41.8 Å². The van der Waals surface area contributed by atoms with E-state index in [1.54, 1.807) is 64.6 Å². The van der Waals surface area contributed by atoms with E-state index in [9.17, 15) is 0 Å². The number of methoxy groups -OCH3 is 5. The van der Waals surface area contributed by atoms with Crippen molar-refractivity contribution in [3.63, 3.8) is 0 Å². The molecule has 0 bridgehead atoms. The molecule has 10 heteroatoms. The summed E-state index contributed by atoms with van der Waals surface area (Å²) < 4.78 is 28.7. The van der Waals surface area contributed by atoms with E-state index in [2.05, 4.69) is 15.3 Å². The van der Waals surface area contributed by atoms with Crippen molar-refractivity contribution in [3.8, 4) is 40.1 Å². The maximum Gasteiger partial charge on any atom is 0.212 e. The molecular formula is C21H24N4O5S. The van der Waals surface area contributed by atoms with Crippen molar-refractivity contribution >= 4 is 18.0 Å². The van der Waals surface area contributed by atoms with Crippen molar-refractivity contribution in [1.82, 2.24) is 14.9 Å². The molecule has 0 amide bonds. The molecular weight excluding hydrogens is 420 g/mol. The van der Waals surface area contributed by atoms with Crippen molar-refractivity contribution in [2.24, 2.45) is 5.10 Å². The highest BCUT2D eigenvalue weighted by Gasteiger charge is 2.19. The van der Waals surface area contributed by atoms with Crippen molar-refractivity contribution in [1.29, 1.82) is 0 Å². The zero-order valence-electron chi connectivity index (χ0n) is 18.2. The van der Waals surface area contributed by atoms with Crippen LogP contribution in [0.15, 0.2) is 40.6 Å². The third kappa shape index (κ3) is 4.53. The van der Waals surface area contributed by atoms with Crippen molar-refractivity contribution in [3.05, 3.63) is 35.9 Å². The van der Waals surface area contributed by atoms with Gasteiger partial charge >= 0.3 is 0 Å². The van der Waals surface area contributed by atoms with Gasteiger partial charge in [-0.3, -0.25) is 0 Å². The number of hydrogen-bond acceptors (Lipinski definition) is 9. The summed E-state index contributed by atoms with van der Waals surface area (Å²) in [5.74, 6) is 3.37. The third-order valence-electron chi connectivity index (χ3n) is 4.47. The normalized spacial score (nSPS) is 10.9. The van der Waals surface area contributed by atoms with Crippen molar-refractivity contribution in [2.45, 2.75) is 5.16 Å². The summed E-state index contributed by atoms with van der Waals surface area (Å²) in [6.45, 7) is 0. The second-order valence-electron chi connectivity index (χ2n) is 6.09. The minimum Gasteiger partial charge on any atom is -0.497 e. The number of thioether (sulfide) groups is 1. The monoisotopic (exact) mass is 444 g/mol. The van der Waals surface area contributed by atoms with Gasteiger partial charge in [-0.15, -0.1) is 10.2 Å². The summed E-state index contributed by atoms with van der Waals surface area (Å²) in [7, 11) is 7.88. The molecule has 0 aliphatic heterocycles. The van der Waals surface area contributed by atoms with E-state index >= 15 is 0 Å². The number of rotatable bonds is 9. The molecule has 164 valence electrons. The van der Waals surface area contributed by atoms with Gasteiger partial charge in [-0.1, -0.05) is 11.8 Å². The largest absolute Gasteiger partial charge is 0.497 e. The first-order valence-electron chi connectivity index (χ1n) is 9.16. The Morgan fingerprint density at radius 1 is 0.839 bits per heavy atom. The lowest BCUT2D eigenvalue weighted by Gasteiger charge is -2.14. The topological polar surface area (TPSA) is 89.2 Å². The molecule has 0 spiro atoms. The standard InChI is InChI=1S/C21H24N4O5S/c1-26-15-8-7-13(16(11-15)27-2)12-22-25-20(23-24-21(25)31-6)14-9-17(28-3)19(30-5)18(10-14)29-4/h7-12H,1-6H3/b22-12+. The fourth-order valence-electron chi connectivity index (χ4n) is 2.93. The molecule has 0 unspecified atom stereocenters. The van der Waals surface area contributed by atoms with Crippen LogP contribution < -0.4 is 23.7 Å². The summed E-state index contributed by atoms with van der Waals surface area (Å²) >= 11 is 1.43. The Bertz CT molecular complexity index is 1060. The first-order chi connectivity index (χ1) is 15.1. The molecule has 3 aromatic rings. The quantitative estimate of drug-likeness (QED) is 0.365. The van der Waals surface area contributed by atoms with Gasteiger partial charge in [-0.2, -0.15) is 9.78 Å². The Kier molecular flexibility index (Phi) is 7.24. The Balaban J connectivity index is 2.09. The molecule has 0 aliphatic rings. The molecule has 0 fully saturated rings. The molecule has 1 heterocycles. The molecule has 9 nitrogen and oxygen atoms in total.